The Hall–Kier alpha value is -3.15. The van der Waals surface area contributed by atoms with Crippen molar-refractivity contribution in [1.29, 1.82) is 0 Å². The first-order valence-corrected chi connectivity index (χ1v) is 14.7. The molecule has 1 heterocycles. The van der Waals surface area contributed by atoms with Crippen LogP contribution < -0.4 is 14.9 Å². The van der Waals surface area contributed by atoms with Crippen LogP contribution in [0.5, 0.6) is 5.75 Å². The molecule has 0 spiro atoms. The maximum Gasteiger partial charge on any atom is 0.410 e. The molecule has 10 nitrogen and oxygen atoms in total. The van der Waals surface area contributed by atoms with Crippen LogP contribution in [0.4, 0.5) is 4.79 Å². The molecule has 1 aliphatic heterocycles. The minimum Gasteiger partial charge on any atom is -0.489 e. The number of sulfonamides is 1. The summed E-state index contributed by atoms with van der Waals surface area (Å²) in [6.45, 7) is 12.7. The van der Waals surface area contributed by atoms with Crippen LogP contribution in [-0.2, 0) is 31.0 Å². The maximum absolute atomic E-state index is 13.4. The third-order valence-corrected chi connectivity index (χ3v) is 7.76. The molecule has 2 N–H and O–H groups in total. The molecule has 11 heteroatoms. The molecule has 0 bridgehead atoms. The van der Waals surface area contributed by atoms with Gasteiger partial charge in [-0.3, -0.25) is 9.63 Å². The lowest BCUT2D eigenvalue weighted by Gasteiger charge is -2.45. The van der Waals surface area contributed by atoms with Crippen LogP contribution in [0.2, 0.25) is 0 Å². The summed E-state index contributed by atoms with van der Waals surface area (Å²) in [5.74, 6) is -0.0231. The number of piperidine rings is 1. The second-order valence-electron chi connectivity index (χ2n) is 12.2. The number of likely N-dealkylation sites (tertiary alicyclic amines) is 1. The number of nitrogens with zero attached hydrogens (tertiary/aromatic N) is 1. The quantitative estimate of drug-likeness (QED) is 0.447. The second-order valence-corrected chi connectivity index (χ2v) is 13.9. The highest BCUT2D eigenvalue weighted by atomic mass is 32.2. The van der Waals surface area contributed by atoms with Gasteiger partial charge in [-0.15, -0.1) is 0 Å². The monoisotopic (exact) mass is 575 g/mol. The Morgan fingerprint density at radius 1 is 0.975 bits per heavy atom. The Kier molecular flexibility index (Phi) is 9.54. The SMILES string of the molecule is CC(C)(C)ONC(=O)[C@@]1(C)CN(C(=O)OC(C)(C)C)CC[C@H]1NS(=O)(=O)c1ccc(OCc2ccccc2)cc1. The topological polar surface area (TPSA) is 123 Å². The van der Waals surface area contributed by atoms with Gasteiger partial charge in [0, 0.05) is 19.1 Å². The molecule has 3 rings (SSSR count). The van der Waals surface area contributed by atoms with Gasteiger partial charge < -0.3 is 14.4 Å². The molecule has 0 saturated carbocycles. The average Bonchev–Trinajstić information content (AvgIpc) is 2.86. The van der Waals surface area contributed by atoms with Crippen LogP contribution in [0, 0.1) is 5.41 Å². The summed E-state index contributed by atoms with van der Waals surface area (Å²) in [7, 11) is -4.02. The fourth-order valence-corrected chi connectivity index (χ4v) is 5.50. The summed E-state index contributed by atoms with van der Waals surface area (Å²) in [5, 5.41) is 0. The van der Waals surface area contributed by atoms with E-state index in [1.807, 2.05) is 30.3 Å². The summed E-state index contributed by atoms with van der Waals surface area (Å²) in [6.07, 6.45) is -0.383. The average molecular weight is 576 g/mol. The smallest absolute Gasteiger partial charge is 0.410 e. The van der Waals surface area contributed by atoms with E-state index >= 15 is 0 Å². The predicted molar refractivity (Wildman–Crippen MR) is 151 cm³/mol. The van der Waals surface area contributed by atoms with Gasteiger partial charge in [0.05, 0.1) is 15.9 Å². The van der Waals surface area contributed by atoms with Crippen LogP contribution in [0.15, 0.2) is 59.5 Å². The number of benzene rings is 2. The summed E-state index contributed by atoms with van der Waals surface area (Å²) < 4.78 is 40.8. The minimum absolute atomic E-state index is 0.0304. The summed E-state index contributed by atoms with van der Waals surface area (Å²) in [6, 6.07) is 14.9. The van der Waals surface area contributed by atoms with Crippen molar-refractivity contribution >= 4 is 22.0 Å². The van der Waals surface area contributed by atoms with E-state index in [1.54, 1.807) is 60.6 Å². The molecular formula is C29H41N3O7S. The number of nitrogens with one attached hydrogen (secondary N) is 2. The van der Waals surface area contributed by atoms with Crippen LogP contribution in [-0.4, -0.2) is 55.7 Å². The van der Waals surface area contributed by atoms with Gasteiger partial charge in [-0.25, -0.2) is 23.4 Å². The predicted octanol–water partition coefficient (Wildman–Crippen LogP) is 4.41. The van der Waals surface area contributed by atoms with Gasteiger partial charge in [-0.1, -0.05) is 30.3 Å². The highest BCUT2D eigenvalue weighted by molar-refractivity contribution is 7.89. The Balaban J connectivity index is 1.77. The number of carbonyl (C=O) groups excluding carboxylic acids is 2. The Morgan fingerprint density at radius 2 is 1.60 bits per heavy atom. The van der Waals surface area contributed by atoms with Crippen LogP contribution >= 0.6 is 0 Å². The van der Waals surface area contributed by atoms with Crippen molar-refractivity contribution < 1.29 is 32.3 Å². The van der Waals surface area contributed by atoms with E-state index in [9.17, 15) is 18.0 Å². The van der Waals surface area contributed by atoms with Gasteiger partial charge in [0.25, 0.3) is 5.91 Å². The van der Waals surface area contributed by atoms with Crippen molar-refractivity contribution in [3.8, 4) is 5.75 Å². The fraction of sp³-hybridized carbons (Fsp3) is 0.517. The number of hydroxylamine groups is 1. The van der Waals surface area contributed by atoms with Gasteiger partial charge in [0.1, 0.15) is 18.0 Å². The molecule has 2 amide bonds. The van der Waals surface area contributed by atoms with Crippen molar-refractivity contribution in [2.45, 2.75) is 83.6 Å². The summed E-state index contributed by atoms with van der Waals surface area (Å²) in [5.41, 5.74) is 0.702. The Labute approximate surface area is 237 Å². The van der Waals surface area contributed by atoms with Gasteiger partial charge in [0.15, 0.2) is 0 Å². The van der Waals surface area contributed by atoms with Gasteiger partial charge in [-0.05, 0) is 84.7 Å². The Bertz CT molecular complexity index is 1270. The highest BCUT2D eigenvalue weighted by Gasteiger charge is 2.49. The zero-order valence-electron chi connectivity index (χ0n) is 24.3. The van der Waals surface area contributed by atoms with E-state index < -0.39 is 44.7 Å². The third-order valence-electron chi connectivity index (χ3n) is 6.28. The molecule has 1 fully saturated rings. The van der Waals surface area contributed by atoms with E-state index in [1.165, 1.54) is 17.0 Å². The van der Waals surface area contributed by atoms with Crippen molar-refractivity contribution in [2.24, 2.45) is 5.41 Å². The molecule has 0 aliphatic carbocycles. The molecule has 2 aromatic carbocycles. The molecule has 0 aromatic heterocycles. The van der Waals surface area contributed by atoms with Gasteiger partial charge in [0.2, 0.25) is 10.0 Å². The molecule has 40 heavy (non-hydrogen) atoms. The lowest BCUT2D eigenvalue weighted by Crippen LogP contribution is -2.63. The van der Waals surface area contributed by atoms with Gasteiger partial charge >= 0.3 is 6.09 Å². The van der Waals surface area contributed by atoms with E-state index in [0.29, 0.717) is 12.4 Å². The molecular weight excluding hydrogens is 534 g/mol. The van der Waals surface area contributed by atoms with Gasteiger partial charge in [-0.2, -0.15) is 0 Å². The van der Waals surface area contributed by atoms with Crippen molar-refractivity contribution in [3.63, 3.8) is 0 Å². The van der Waals surface area contributed by atoms with Crippen molar-refractivity contribution in [3.05, 3.63) is 60.2 Å². The zero-order valence-corrected chi connectivity index (χ0v) is 25.1. The third kappa shape index (κ3) is 8.67. The molecule has 1 saturated heterocycles. The van der Waals surface area contributed by atoms with Crippen LogP contribution in [0.1, 0.15) is 60.5 Å². The van der Waals surface area contributed by atoms with Crippen LogP contribution in [0.3, 0.4) is 0 Å². The van der Waals surface area contributed by atoms with E-state index in [0.717, 1.165) is 5.56 Å². The lowest BCUT2D eigenvalue weighted by molar-refractivity contribution is -0.159. The van der Waals surface area contributed by atoms with Crippen LogP contribution in [0.25, 0.3) is 0 Å². The molecule has 0 unspecified atom stereocenters. The van der Waals surface area contributed by atoms with Crippen molar-refractivity contribution in [1.82, 2.24) is 15.1 Å². The second kappa shape index (κ2) is 12.2. The normalized spacial score (nSPS) is 20.1. The number of rotatable bonds is 8. The first kappa shape index (κ1) is 31.4. The first-order chi connectivity index (χ1) is 18.5. The van der Waals surface area contributed by atoms with Crippen molar-refractivity contribution in [2.75, 3.05) is 13.1 Å². The number of ether oxygens (including phenoxy) is 2. The molecule has 2 atom stereocenters. The number of carbonyl (C=O) groups is 2. The summed E-state index contributed by atoms with van der Waals surface area (Å²) >= 11 is 0. The number of amides is 2. The molecule has 2 aromatic rings. The minimum atomic E-state index is -4.02. The largest absolute Gasteiger partial charge is 0.489 e. The molecule has 0 radical (unpaired) electrons. The van der Waals surface area contributed by atoms with E-state index in [-0.39, 0.29) is 24.4 Å². The lowest BCUT2D eigenvalue weighted by atomic mass is 9.77. The zero-order chi connectivity index (χ0) is 29.8. The maximum atomic E-state index is 13.4. The number of hydrogen-bond donors (Lipinski definition) is 2. The highest BCUT2D eigenvalue weighted by Crippen LogP contribution is 2.33. The van der Waals surface area contributed by atoms with E-state index in [2.05, 4.69) is 10.2 Å². The standard InChI is InChI=1S/C29H41N3O7S/c1-27(2,3)38-26(34)32-18-17-24(29(7,20-32)25(33)30-39-28(4,5)6)31-40(35,36)23-15-13-22(14-16-23)37-19-21-11-9-8-10-12-21/h8-16,24,31H,17-20H2,1-7H3,(H,30,33)/t24-,29+/m1/s1. The molecule has 220 valence electrons. The summed E-state index contributed by atoms with van der Waals surface area (Å²) in [4.78, 5) is 33.2. The molecule has 1 aliphatic rings. The van der Waals surface area contributed by atoms with E-state index in [4.69, 9.17) is 14.3 Å². The fourth-order valence-electron chi connectivity index (χ4n) is 4.12. The Morgan fingerprint density at radius 3 is 2.17 bits per heavy atom. The first-order valence-electron chi connectivity index (χ1n) is 13.2. The number of hydrogen-bond acceptors (Lipinski definition) is 7.